The molecule has 0 saturated carbocycles. The standard InChI is InChI=1S/C16H11N3O/c1-19-15(12-18)16(13-7-4-3-5-8-13)14(11-17)9-6-10-20-2/h3-10H,2H3. The molecule has 0 aromatic heterocycles. The zero-order valence-corrected chi connectivity index (χ0v) is 10.9. The molecule has 96 valence electrons. The number of nitriles is 2. The molecule has 0 amide bonds. The van der Waals surface area contributed by atoms with Gasteiger partial charge in [-0.1, -0.05) is 30.3 Å². The average Bonchev–Trinajstić information content (AvgIpc) is 2.51. The first-order valence-corrected chi connectivity index (χ1v) is 5.65. The van der Waals surface area contributed by atoms with Crippen LogP contribution in [0.15, 0.2) is 60.0 Å². The summed E-state index contributed by atoms with van der Waals surface area (Å²) >= 11 is 0. The summed E-state index contributed by atoms with van der Waals surface area (Å²) < 4.78 is 4.76. The second-order valence-corrected chi connectivity index (χ2v) is 3.57. The maximum absolute atomic E-state index is 9.26. The summed E-state index contributed by atoms with van der Waals surface area (Å²) in [6.07, 6.45) is 4.46. The average molecular weight is 261 g/mol. The van der Waals surface area contributed by atoms with Crippen molar-refractivity contribution in [1.82, 2.24) is 0 Å². The van der Waals surface area contributed by atoms with Crippen molar-refractivity contribution in [2.45, 2.75) is 0 Å². The van der Waals surface area contributed by atoms with Crippen LogP contribution in [0.5, 0.6) is 0 Å². The molecule has 0 spiro atoms. The first-order valence-electron chi connectivity index (χ1n) is 5.65. The van der Waals surface area contributed by atoms with E-state index in [9.17, 15) is 5.26 Å². The van der Waals surface area contributed by atoms with Gasteiger partial charge in [0.25, 0.3) is 5.70 Å². The zero-order chi connectivity index (χ0) is 14.8. The predicted molar refractivity (Wildman–Crippen MR) is 75.4 cm³/mol. The first-order chi connectivity index (χ1) is 9.78. The van der Waals surface area contributed by atoms with E-state index in [-0.39, 0.29) is 11.3 Å². The van der Waals surface area contributed by atoms with Crippen molar-refractivity contribution >= 4 is 5.57 Å². The fourth-order valence-corrected chi connectivity index (χ4v) is 1.55. The number of benzene rings is 1. The van der Waals surface area contributed by atoms with Crippen molar-refractivity contribution in [3.8, 4) is 12.1 Å². The molecule has 0 bridgehead atoms. The molecule has 0 unspecified atom stereocenters. The number of nitrogens with zero attached hydrogens (tertiary/aromatic N) is 3. The molecule has 0 saturated heterocycles. The number of methoxy groups -OCH3 is 1. The maximum atomic E-state index is 9.26. The molecular formula is C16H11N3O. The fraction of sp³-hybridized carbons (Fsp3) is 0.0625. The molecule has 4 nitrogen and oxygen atoms in total. The number of ether oxygens (including phenoxy) is 1. The highest BCUT2D eigenvalue weighted by molar-refractivity contribution is 5.88. The summed E-state index contributed by atoms with van der Waals surface area (Å²) in [4.78, 5) is 3.20. The third-order valence-corrected chi connectivity index (χ3v) is 2.38. The van der Waals surface area contributed by atoms with Gasteiger partial charge in [0.05, 0.1) is 37.7 Å². The van der Waals surface area contributed by atoms with E-state index in [2.05, 4.69) is 4.85 Å². The van der Waals surface area contributed by atoms with Crippen LogP contribution in [-0.4, -0.2) is 7.11 Å². The van der Waals surface area contributed by atoms with Crippen molar-refractivity contribution < 1.29 is 4.74 Å². The SMILES string of the molecule is [C-]#[N+]C(C#N)=C(C(C#N)=CC=COC)c1ccccc1. The minimum atomic E-state index is -0.116. The summed E-state index contributed by atoms with van der Waals surface area (Å²) in [6.45, 7) is 7.09. The highest BCUT2D eigenvalue weighted by atomic mass is 16.5. The number of allylic oxidation sites excluding steroid dienone is 5. The number of rotatable bonds is 4. The Morgan fingerprint density at radius 1 is 1.25 bits per heavy atom. The Morgan fingerprint density at radius 2 is 1.95 bits per heavy atom. The van der Waals surface area contributed by atoms with Crippen LogP contribution >= 0.6 is 0 Å². The van der Waals surface area contributed by atoms with E-state index >= 15 is 0 Å². The molecule has 1 rings (SSSR count). The Kier molecular flexibility index (Phi) is 5.85. The number of hydrogen-bond donors (Lipinski definition) is 0. The molecule has 0 aliphatic rings. The molecule has 0 aliphatic heterocycles. The lowest BCUT2D eigenvalue weighted by Crippen LogP contribution is -1.91. The predicted octanol–water partition coefficient (Wildman–Crippen LogP) is 3.45. The zero-order valence-electron chi connectivity index (χ0n) is 10.9. The Labute approximate surface area is 118 Å². The lowest BCUT2D eigenvalue weighted by atomic mass is 9.96. The van der Waals surface area contributed by atoms with E-state index < -0.39 is 0 Å². The Morgan fingerprint density at radius 3 is 2.45 bits per heavy atom. The maximum Gasteiger partial charge on any atom is 0.270 e. The van der Waals surface area contributed by atoms with Crippen LogP contribution in [0.1, 0.15) is 5.56 Å². The van der Waals surface area contributed by atoms with Crippen LogP contribution in [0.2, 0.25) is 0 Å². The molecule has 0 aliphatic carbocycles. The second-order valence-electron chi connectivity index (χ2n) is 3.57. The van der Waals surface area contributed by atoms with E-state index in [4.69, 9.17) is 16.6 Å². The smallest absolute Gasteiger partial charge is 0.270 e. The highest BCUT2D eigenvalue weighted by Gasteiger charge is 2.13. The van der Waals surface area contributed by atoms with Crippen LogP contribution in [0.25, 0.3) is 10.4 Å². The van der Waals surface area contributed by atoms with Gasteiger partial charge in [-0.15, -0.1) is 0 Å². The van der Waals surface area contributed by atoms with Crippen molar-refractivity contribution in [2.24, 2.45) is 0 Å². The molecule has 0 radical (unpaired) electrons. The van der Waals surface area contributed by atoms with Crippen LogP contribution in [0, 0.1) is 29.2 Å². The summed E-state index contributed by atoms with van der Waals surface area (Å²) in [5, 5.41) is 18.3. The second kappa shape index (κ2) is 7.93. The molecule has 0 heterocycles. The minimum absolute atomic E-state index is 0.116. The van der Waals surface area contributed by atoms with Gasteiger partial charge >= 0.3 is 0 Å². The molecule has 0 atom stereocenters. The third kappa shape index (κ3) is 3.60. The van der Waals surface area contributed by atoms with Gasteiger partial charge in [-0.05, 0) is 17.7 Å². The largest absolute Gasteiger partial charge is 0.504 e. The van der Waals surface area contributed by atoms with Crippen LogP contribution < -0.4 is 0 Å². The first kappa shape index (κ1) is 14.8. The van der Waals surface area contributed by atoms with E-state index in [1.165, 1.54) is 19.4 Å². The van der Waals surface area contributed by atoms with E-state index in [0.717, 1.165) is 0 Å². The quantitative estimate of drug-likeness (QED) is 0.361. The molecule has 20 heavy (non-hydrogen) atoms. The van der Waals surface area contributed by atoms with Crippen molar-refractivity contribution in [3.05, 3.63) is 77.0 Å². The van der Waals surface area contributed by atoms with Crippen molar-refractivity contribution in [2.75, 3.05) is 7.11 Å². The van der Waals surface area contributed by atoms with Gasteiger partial charge in [-0.3, -0.25) is 0 Å². The topological polar surface area (TPSA) is 61.2 Å². The summed E-state index contributed by atoms with van der Waals surface area (Å²) in [5.74, 6) is 0. The fourth-order valence-electron chi connectivity index (χ4n) is 1.55. The van der Waals surface area contributed by atoms with Gasteiger partial charge in [-0.2, -0.15) is 5.26 Å². The van der Waals surface area contributed by atoms with Gasteiger partial charge in [0, 0.05) is 5.57 Å². The minimum Gasteiger partial charge on any atom is -0.504 e. The molecular weight excluding hydrogens is 250 g/mol. The van der Waals surface area contributed by atoms with Gasteiger partial charge in [0.2, 0.25) is 0 Å². The van der Waals surface area contributed by atoms with Gasteiger partial charge in [0.15, 0.2) is 0 Å². The molecule has 1 aromatic rings. The van der Waals surface area contributed by atoms with Crippen LogP contribution in [0.3, 0.4) is 0 Å². The van der Waals surface area contributed by atoms with Crippen LogP contribution in [-0.2, 0) is 4.74 Å². The normalized spacial score (nSPS) is 12.0. The summed E-state index contributed by atoms with van der Waals surface area (Å²) in [5.41, 5.74) is 1.09. The van der Waals surface area contributed by atoms with Crippen molar-refractivity contribution in [3.63, 3.8) is 0 Å². The van der Waals surface area contributed by atoms with E-state index in [1.807, 2.05) is 18.2 Å². The van der Waals surface area contributed by atoms with Crippen molar-refractivity contribution in [1.29, 1.82) is 10.5 Å². The van der Waals surface area contributed by atoms with E-state index in [0.29, 0.717) is 11.1 Å². The van der Waals surface area contributed by atoms with Gasteiger partial charge in [-0.25, -0.2) is 10.1 Å². The lowest BCUT2D eigenvalue weighted by molar-refractivity contribution is 0.338. The molecule has 4 heteroatoms. The number of hydrogen-bond acceptors (Lipinski definition) is 3. The Bertz CT molecular complexity index is 661. The molecule has 1 aromatic carbocycles. The van der Waals surface area contributed by atoms with Crippen LogP contribution in [0.4, 0.5) is 0 Å². The Hall–Kier alpha value is -3.29. The Balaban J connectivity index is 3.50. The molecule has 0 fully saturated rings. The summed E-state index contributed by atoms with van der Waals surface area (Å²) in [7, 11) is 1.49. The van der Waals surface area contributed by atoms with Gasteiger partial charge < -0.3 is 4.74 Å². The van der Waals surface area contributed by atoms with Gasteiger partial charge in [0.1, 0.15) is 0 Å². The third-order valence-electron chi connectivity index (χ3n) is 2.38. The lowest BCUT2D eigenvalue weighted by Gasteiger charge is -2.06. The monoisotopic (exact) mass is 261 g/mol. The molecule has 0 N–H and O–H groups in total. The highest BCUT2D eigenvalue weighted by Crippen LogP contribution is 2.27. The van der Waals surface area contributed by atoms with E-state index in [1.54, 1.807) is 30.3 Å². The summed E-state index contributed by atoms with van der Waals surface area (Å²) in [6, 6.07) is 12.7.